The molecule has 2 fully saturated rings. The molecule has 1 aromatic carbocycles. The van der Waals surface area contributed by atoms with E-state index in [1.807, 2.05) is 4.90 Å². The van der Waals surface area contributed by atoms with Gasteiger partial charge in [-0.05, 0) is 37.3 Å². The quantitative estimate of drug-likeness (QED) is 0.758. The van der Waals surface area contributed by atoms with Crippen molar-refractivity contribution in [1.82, 2.24) is 20.4 Å². The first-order valence-electron chi connectivity index (χ1n) is 10.9. The number of likely N-dealkylation sites (tertiary alicyclic amines) is 1. The van der Waals surface area contributed by atoms with Crippen LogP contribution in [0.15, 0.2) is 28.8 Å². The second-order valence-electron chi connectivity index (χ2n) is 8.64. The number of nitrogens with zero attached hydrogens (tertiary/aromatic N) is 3. The lowest BCUT2D eigenvalue weighted by Gasteiger charge is -2.36. The third-order valence-electron chi connectivity index (χ3n) is 6.48. The number of benzene rings is 1. The Morgan fingerprint density at radius 1 is 1.13 bits per heavy atom. The van der Waals surface area contributed by atoms with Gasteiger partial charge in [0, 0.05) is 25.4 Å². The van der Waals surface area contributed by atoms with Gasteiger partial charge in [0.2, 0.25) is 17.7 Å². The summed E-state index contributed by atoms with van der Waals surface area (Å²) in [6.45, 7) is 1.42. The first-order valence-corrected chi connectivity index (χ1v) is 10.9. The minimum absolute atomic E-state index is 0.0251. The van der Waals surface area contributed by atoms with Crippen molar-refractivity contribution < 1.29 is 18.9 Å². The average molecular weight is 423 g/mol. The number of carbonyl (C=O) groups excluding carboxylic acids is 3. The lowest BCUT2D eigenvalue weighted by Crippen LogP contribution is -2.43. The SMILES string of the molecule is O=C1N[C@@H](Cc2nc(C3CCC(=O)N(CC4CCC4)C3)no2)C(=O)Nc2ccccc21. The van der Waals surface area contributed by atoms with Gasteiger partial charge in [0.15, 0.2) is 5.82 Å². The van der Waals surface area contributed by atoms with Gasteiger partial charge < -0.3 is 20.1 Å². The molecule has 3 amide bonds. The predicted molar refractivity (Wildman–Crippen MR) is 110 cm³/mol. The fourth-order valence-corrected chi connectivity index (χ4v) is 4.44. The van der Waals surface area contributed by atoms with Crippen LogP contribution in [0.4, 0.5) is 5.69 Å². The predicted octanol–water partition coefficient (Wildman–Crippen LogP) is 1.87. The maximum absolute atomic E-state index is 12.6. The second-order valence-corrected chi connectivity index (χ2v) is 8.64. The van der Waals surface area contributed by atoms with Crippen LogP contribution in [0.3, 0.4) is 0 Å². The molecule has 9 heteroatoms. The number of carbonyl (C=O) groups is 3. The minimum Gasteiger partial charge on any atom is -0.342 e. The van der Waals surface area contributed by atoms with Crippen LogP contribution >= 0.6 is 0 Å². The van der Waals surface area contributed by atoms with E-state index in [-0.39, 0.29) is 30.1 Å². The summed E-state index contributed by atoms with van der Waals surface area (Å²) >= 11 is 0. The molecule has 1 unspecified atom stereocenters. The van der Waals surface area contributed by atoms with Crippen LogP contribution in [-0.2, 0) is 16.0 Å². The van der Waals surface area contributed by atoms with Crippen LogP contribution in [0.5, 0.6) is 0 Å². The summed E-state index contributed by atoms with van der Waals surface area (Å²) < 4.78 is 5.40. The molecule has 0 bridgehead atoms. The van der Waals surface area contributed by atoms with Gasteiger partial charge in [-0.2, -0.15) is 4.98 Å². The Labute approximate surface area is 179 Å². The smallest absolute Gasteiger partial charge is 0.254 e. The zero-order chi connectivity index (χ0) is 21.4. The molecule has 0 spiro atoms. The van der Waals surface area contributed by atoms with Crippen molar-refractivity contribution in [2.24, 2.45) is 5.92 Å². The van der Waals surface area contributed by atoms with Crippen LogP contribution in [0, 0.1) is 5.92 Å². The lowest BCUT2D eigenvalue weighted by molar-refractivity contribution is -0.135. The maximum atomic E-state index is 12.6. The third-order valence-corrected chi connectivity index (χ3v) is 6.48. The molecule has 162 valence electrons. The van der Waals surface area contributed by atoms with E-state index in [1.54, 1.807) is 24.3 Å². The van der Waals surface area contributed by atoms with E-state index in [0.717, 1.165) is 6.54 Å². The number of amides is 3. The second kappa shape index (κ2) is 8.13. The number of piperidine rings is 1. The van der Waals surface area contributed by atoms with Crippen LogP contribution in [0.1, 0.15) is 60.1 Å². The molecule has 3 heterocycles. The van der Waals surface area contributed by atoms with Crippen molar-refractivity contribution in [3.63, 3.8) is 0 Å². The first-order chi connectivity index (χ1) is 15.1. The number of anilines is 1. The zero-order valence-corrected chi connectivity index (χ0v) is 17.2. The van der Waals surface area contributed by atoms with Crippen molar-refractivity contribution in [3.05, 3.63) is 41.5 Å². The summed E-state index contributed by atoms with van der Waals surface area (Å²) in [4.78, 5) is 43.8. The normalized spacial score (nSPS) is 24.1. The monoisotopic (exact) mass is 423 g/mol. The molecule has 9 nitrogen and oxygen atoms in total. The third kappa shape index (κ3) is 4.04. The number of rotatable bonds is 5. The Hall–Kier alpha value is -3.23. The van der Waals surface area contributed by atoms with E-state index in [0.29, 0.717) is 48.3 Å². The fraction of sp³-hybridized carbons (Fsp3) is 0.500. The van der Waals surface area contributed by atoms with Gasteiger partial charge >= 0.3 is 0 Å². The van der Waals surface area contributed by atoms with Gasteiger partial charge in [0.05, 0.1) is 17.7 Å². The van der Waals surface area contributed by atoms with Crippen LogP contribution in [0.2, 0.25) is 0 Å². The number of para-hydroxylation sites is 1. The summed E-state index contributed by atoms with van der Waals surface area (Å²) in [5, 5.41) is 9.63. The Bertz CT molecular complexity index is 1010. The summed E-state index contributed by atoms with van der Waals surface area (Å²) in [6.07, 6.45) is 4.92. The van der Waals surface area contributed by atoms with Crippen molar-refractivity contribution in [2.75, 3.05) is 18.4 Å². The summed E-state index contributed by atoms with van der Waals surface area (Å²) in [5.41, 5.74) is 0.903. The van der Waals surface area contributed by atoms with Crippen molar-refractivity contribution in [3.8, 4) is 0 Å². The van der Waals surface area contributed by atoms with Crippen LogP contribution in [0.25, 0.3) is 0 Å². The Balaban J connectivity index is 1.25. The molecular formula is C22H25N5O4. The molecule has 1 saturated heterocycles. The van der Waals surface area contributed by atoms with Gasteiger partial charge in [-0.3, -0.25) is 14.4 Å². The zero-order valence-electron chi connectivity index (χ0n) is 17.2. The summed E-state index contributed by atoms with van der Waals surface area (Å²) in [7, 11) is 0. The highest BCUT2D eigenvalue weighted by Gasteiger charge is 2.33. The summed E-state index contributed by atoms with van der Waals surface area (Å²) in [6, 6.07) is 6.06. The standard InChI is InChI=1S/C22H25N5O4/c28-19-9-8-14(12-27(19)11-13-4-3-5-13)20-25-18(31-26-20)10-17-22(30)23-16-7-2-1-6-15(16)21(29)24-17/h1-2,6-7,13-14,17H,3-5,8-12H2,(H,23,30)(H,24,29)/t14?,17-/m0/s1. The number of nitrogens with one attached hydrogen (secondary N) is 2. The molecule has 31 heavy (non-hydrogen) atoms. The van der Waals surface area contributed by atoms with Gasteiger partial charge in [0.1, 0.15) is 6.04 Å². The highest BCUT2D eigenvalue weighted by atomic mass is 16.5. The fourth-order valence-electron chi connectivity index (χ4n) is 4.44. The highest BCUT2D eigenvalue weighted by molar-refractivity contribution is 6.09. The van der Waals surface area contributed by atoms with E-state index in [9.17, 15) is 14.4 Å². The molecule has 1 aromatic heterocycles. The van der Waals surface area contributed by atoms with Crippen molar-refractivity contribution in [2.45, 2.75) is 50.5 Å². The molecule has 0 radical (unpaired) electrons. The Kier molecular flexibility index (Phi) is 5.17. The van der Waals surface area contributed by atoms with E-state index in [4.69, 9.17) is 4.52 Å². The lowest BCUT2D eigenvalue weighted by atomic mass is 9.84. The maximum Gasteiger partial charge on any atom is 0.254 e. The van der Waals surface area contributed by atoms with E-state index >= 15 is 0 Å². The molecular weight excluding hydrogens is 398 g/mol. The number of aromatic nitrogens is 2. The van der Waals surface area contributed by atoms with Crippen LogP contribution in [-0.4, -0.2) is 51.9 Å². The summed E-state index contributed by atoms with van der Waals surface area (Å²) in [5.74, 6) is 1.05. The van der Waals surface area contributed by atoms with Crippen molar-refractivity contribution >= 4 is 23.4 Å². The Morgan fingerprint density at radius 3 is 2.77 bits per heavy atom. The molecule has 2 aliphatic heterocycles. The minimum atomic E-state index is -0.809. The molecule has 2 atom stereocenters. The van der Waals surface area contributed by atoms with Gasteiger partial charge in [-0.15, -0.1) is 0 Å². The topological polar surface area (TPSA) is 117 Å². The van der Waals surface area contributed by atoms with E-state index < -0.39 is 6.04 Å². The first kappa shape index (κ1) is 19.7. The van der Waals surface area contributed by atoms with E-state index in [1.165, 1.54) is 19.3 Å². The molecule has 5 rings (SSSR count). The molecule has 1 aliphatic carbocycles. The van der Waals surface area contributed by atoms with Gasteiger partial charge in [-0.1, -0.05) is 23.7 Å². The molecule has 3 aliphatic rings. The van der Waals surface area contributed by atoms with Crippen molar-refractivity contribution in [1.29, 1.82) is 0 Å². The average Bonchev–Trinajstić information content (AvgIpc) is 3.15. The Morgan fingerprint density at radius 2 is 1.97 bits per heavy atom. The largest absolute Gasteiger partial charge is 0.342 e. The van der Waals surface area contributed by atoms with Gasteiger partial charge in [0.25, 0.3) is 5.91 Å². The molecule has 1 saturated carbocycles. The number of hydrogen-bond donors (Lipinski definition) is 2. The number of hydrogen-bond acceptors (Lipinski definition) is 6. The van der Waals surface area contributed by atoms with E-state index in [2.05, 4.69) is 20.8 Å². The number of fused-ring (bicyclic) bond motifs is 1. The highest BCUT2D eigenvalue weighted by Crippen LogP contribution is 2.31. The van der Waals surface area contributed by atoms with Crippen LogP contribution < -0.4 is 10.6 Å². The molecule has 2 N–H and O–H groups in total. The van der Waals surface area contributed by atoms with Gasteiger partial charge in [-0.25, -0.2) is 0 Å². The molecule has 2 aromatic rings.